The maximum atomic E-state index is 6.01. The van der Waals surface area contributed by atoms with Crippen molar-refractivity contribution in [1.29, 1.82) is 0 Å². The third-order valence-corrected chi connectivity index (χ3v) is 3.19. The molecule has 0 saturated carbocycles. The Hall–Kier alpha value is -1.16. The number of hydrogen-bond acceptors (Lipinski definition) is 3. The Kier molecular flexibility index (Phi) is 2.74. The fourth-order valence-corrected chi connectivity index (χ4v) is 2.37. The van der Waals surface area contributed by atoms with E-state index >= 15 is 0 Å². The predicted octanol–water partition coefficient (Wildman–Crippen LogP) is 3.40. The summed E-state index contributed by atoms with van der Waals surface area (Å²) in [6.07, 6.45) is -0.204. The summed E-state index contributed by atoms with van der Waals surface area (Å²) < 4.78 is 5.70. The van der Waals surface area contributed by atoms with Crippen LogP contribution in [0.1, 0.15) is 22.9 Å². The number of aromatic nitrogens is 2. The van der Waals surface area contributed by atoms with Gasteiger partial charge in [0.15, 0.2) is 0 Å². The van der Waals surface area contributed by atoms with Crippen LogP contribution < -0.4 is 0 Å². The summed E-state index contributed by atoms with van der Waals surface area (Å²) in [7, 11) is 0. The lowest BCUT2D eigenvalue weighted by Gasteiger charge is -2.10. The number of rotatable bonds is 1. The SMILES string of the molecule is Clc1nc(Cl)c2c(n1)C(c1ccccc1)OC2. The third kappa shape index (κ3) is 1.90. The van der Waals surface area contributed by atoms with E-state index in [1.165, 1.54) is 0 Å². The lowest BCUT2D eigenvalue weighted by molar-refractivity contribution is 0.0923. The normalized spacial score (nSPS) is 18.1. The van der Waals surface area contributed by atoms with Crippen LogP contribution >= 0.6 is 23.2 Å². The first-order valence-corrected chi connectivity index (χ1v) is 5.89. The second-order valence-corrected chi connectivity index (χ2v) is 4.45. The summed E-state index contributed by atoms with van der Waals surface area (Å²) in [6, 6.07) is 9.86. The molecule has 1 aliphatic rings. The van der Waals surface area contributed by atoms with E-state index in [4.69, 9.17) is 27.9 Å². The molecule has 86 valence electrons. The number of nitrogens with zero attached hydrogens (tertiary/aromatic N) is 2. The highest BCUT2D eigenvalue weighted by Crippen LogP contribution is 2.37. The van der Waals surface area contributed by atoms with Crippen molar-refractivity contribution in [1.82, 2.24) is 9.97 Å². The molecule has 2 heterocycles. The molecule has 0 amide bonds. The Morgan fingerprint density at radius 1 is 1.12 bits per heavy atom. The van der Waals surface area contributed by atoms with E-state index in [0.717, 1.165) is 16.8 Å². The van der Waals surface area contributed by atoms with E-state index in [-0.39, 0.29) is 11.4 Å². The average molecular weight is 267 g/mol. The molecule has 1 aromatic carbocycles. The van der Waals surface area contributed by atoms with Gasteiger partial charge in [0.1, 0.15) is 11.3 Å². The van der Waals surface area contributed by atoms with Crippen molar-refractivity contribution in [3.05, 3.63) is 57.6 Å². The molecule has 1 aliphatic heterocycles. The summed E-state index contributed by atoms with van der Waals surface area (Å²) >= 11 is 11.8. The van der Waals surface area contributed by atoms with Gasteiger partial charge in [0.05, 0.1) is 12.3 Å². The van der Waals surface area contributed by atoms with Gasteiger partial charge in [-0.2, -0.15) is 0 Å². The molecule has 5 heteroatoms. The molecule has 2 aromatic rings. The smallest absolute Gasteiger partial charge is 0.224 e. The summed E-state index contributed by atoms with van der Waals surface area (Å²) in [4.78, 5) is 8.13. The molecule has 0 radical (unpaired) electrons. The first-order chi connectivity index (χ1) is 8.25. The maximum absolute atomic E-state index is 6.01. The van der Waals surface area contributed by atoms with Gasteiger partial charge < -0.3 is 4.74 Å². The van der Waals surface area contributed by atoms with Gasteiger partial charge in [0, 0.05) is 5.56 Å². The van der Waals surface area contributed by atoms with Crippen molar-refractivity contribution in [2.45, 2.75) is 12.7 Å². The van der Waals surface area contributed by atoms with Crippen LogP contribution in [0.4, 0.5) is 0 Å². The van der Waals surface area contributed by atoms with Crippen LogP contribution in [0.25, 0.3) is 0 Å². The topological polar surface area (TPSA) is 35.0 Å². The minimum absolute atomic E-state index is 0.153. The van der Waals surface area contributed by atoms with E-state index < -0.39 is 0 Å². The van der Waals surface area contributed by atoms with Gasteiger partial charge in [-0.25, -0.2) is 9.97 Å². The second kappa shape index (κ2) is 4.26. The molecule has 1 aromatic heterocycles. The molecule has 0 fully saturated rings. The maximum Gasteiger partial charge on any atom is 0.224 e. The van der Waals surface area contributed by atoms with Gasteiger partial charge in [-0.3, -0.25) is 0 Å². The fourth-order valence-electron chi connectivity index (χ4n) is 1.92. The number of ether oxygens (including phenoxy) is 1. The summed E-state index contributed by atoms with van der Waals surface area (Å²) in [5.41, 5.74) is 2.63. The zero-order valence-electron chi connectivity index (χ0n) is 8.73. The summed E-state index contributed by atoms with van der Waals surface area (Å²) in [6.45, 7) is 0.422. The largest absolute Gasteiger partial charge is 0.362 e. The quantitative estimate of drug-likeness (QED) is 0.586. The standard InChI is InChI=1S/C12H8Cl2N2O/c13-11-8-6-17-10(7-4-2-1-3-5-7)9(8)15-12(14)16-11/h1-5,10H,6H2. The Labute approximate surface area is 108 Å². The molecule has 3 nitrogen and oxygen atoms in total. The second-order valence-electron chi connectivity index (χ2n) is 3.75. The Morgan fingerprint density at radius 2 is 1.88 bits per heavy atom. The zero-order valence-corrected chi connectivity index (χ0v) is 10.2. The highest BCUT2D eigenvalue weighted by Gasteiger charge is 2.29. The lowest BCUT2D eigenvalue weighted by Crippen LogP contribution is -2.01. The molecule has 0 spiro atoms. The van der Waals surface area contributed by atoms with E-state index in [2.05, 4.69) is 9.97 Å². The van der Waals surface area contributed by atoms with Crippen molar-refractivity contribution in [3.8, 4) is 0 Å². The van der Waals surface area contributed by atoms with Gasteiger partial charge >= 0.3 is 0 Å². The fraction of sp³-hybridized carbons (Fsp3) is 0.167. The van der Waals surface area contributed by atoms with Gasteiger partial charge in [-0.15, -0.1) is 0 Å². The van der Waals surface area contributed by atoms with E-state index in [1.807, 2.05) is 30.3 Å². The molecule has 0 bridgehead atoms. The van der Waals surface area contributed by atoms with Crippen LogP contribution in [0.3, 0.4) is 0 Å². The highest BCUT2D eigenvalue weighted by atomic mass is 35.5. The predicted molar refractivity (Wildman–Crippen MR) is 65.1 cm³/mol. The van der Waals surface area contributed by atoms with Gasteiger partial charge in [-0.1, -0.05) is 41.9 Å². The zero-order chi connectivity index (χ0) is 11.8. The molecule has 0 N–H and O–H groups in total. The lowest BCUT2D eigenvalue weighted by atomic mass is 10.1. The number of fused-ring (bicyclic) bond motifs is 1. The molecule has 3 rings (SSSR count). The summed E-state index contributed by atoms with van der Waals surface area (Å²) in [5, 5.41) is 0.526. The van der Waals surface area contributed by atoms with Crippen LogP contribution in [0.2, 0.25) is 10.4 Å². The molecule has 17 heavy (non-hydrogen) atoms. The molecular formula is C12H8Cl2N2O. The van der Waals surface area contributed by atoms with Crippen LogP contribution in [0.5, 0.6) is 0 Å². The van der Waals surface area contributed by atoms with Gasteiger partial charge in [-0.05, 0) is 17.2 Å². The molecular weight excluding hydrogens is 259 g/mol. The van der Waals surface area contributed by atoms with Crippen molar-refractivity contribution < 1.29 is 4.74 Å². The van der Waals surface area contributed by atoms with Gasteiger partial charge in [0.25, 0.3) is 0 Å². The van der Waals surface area contributed by atoms with Crippen molar-refractivity contribution in [3.63, 3.8) is 0 Å². The molecule has 0 aliphatic carbocycles. The van der Waals surface area contributed by atoms with E-state index in [1.54, 1.807) is 0 Å². The van der Waals surface area contributed by atoms with Crippen molar-refractivity contribution in [2.24, 2.45) is 0 Å². The molecule has 1 atom stereocenters. The Bertz CT molecular complexity index is 560. The van der Waals surface area contributed by atoms with Crippen LogP contribution in [-0.2, 0) is 11.3 Å². The first kappa shape index (κ1) is 11.0. The number of halogens is 2. The Morgan fingerprint density at radius 3 is 2.65 bits per heavy atom. The molecule has 0 saturated heterocycles. The third-order valence-electron chi connectivity index (χ3n) is 2.71. The minimum Gasteiger partial charge on any atom is -0.362 e. The average Bonchev–Trinajstić information content (AvgIpc) is 2.74. The van der Waals surface area contributed by atoms with E-state index in [9.17, 15) is 0 Å². The number of hydrogen-bond donors (Lipinski definition) is 0. The number of benzene rings is 1. The van der Waals surface area contributed by atoms with Crippen molar-refractivity contribution >= 4 is 23.2 Å². The van der Waals surface area contributed by atoms with Crippen LogP contribution in [0, 0.1) is 0 Å². The highest BCUT2D eigenvalue weighted by molar-refractivity contribution is 6.32. The van der Waals surface area contributed by atoms with E-state index in [0.29, 0.717) is 11.8 Å². The van der Waals surface area contributed by atoms with Gasteiger partial charge in [0.2, 0.25) is 5.28 Å². The molecule has 1 unspecified atom stereocenters. The van der Waals surface area contributed by atoms with Crippen molar-refractivity contribution in [2.75, 3.05) is 0 Å². The minimum atomic E-state index is -0.204. The Balaban J connectivity index is 2.10. The first-order valence-electron chi connectivity index (χ1n) is 5.14. The summed E-state index contributed by atoms with van der Waals surface area (Å²) in [5.74, 6) is 0. The van der Waals surface area contributed by atoms with Crippen LogP contribution in [0.15, 0.2) is 30.3 Å². The van der Waals surface area contributed by atoms with Crippen LogP contribution in [-0.4, -0.2) is 9.97 Å². The monoisotopic (exact) mass is 266 g/mol.